The second-order valence-electron chi connectivity index (χ2n) is 4.35. The normalized spacial score (nSPS) is 10.7. The zero-order valence-electron chi connectivity index (χ0n) is 10.1. The van der Waals surface area contributed by atoms with Gasteiger partial charge in [-0.05, 0) is 18.2 Å². The van der Waals surface area contributed by atoms with E-state index in [2.05, 4.69) is 27.1 Å². The van der Waals surface area contributed by atoms with Gasteiger partial charge in [-0.15, -0.1) is 24.0 Å². The maximum atomic E-state index is 4.63. The average molecular weight is 361 g/mol. The molecule has 2 heterocycles. The third kappa shape index (κ3) is 1.92. The second kappa shape index (κ2) is 4.70. The molecule has 0 saturated carbocycles. The number of nitrogens with zero attached hydrogens (tertiary/aromatic N) is 1. The van der Waals surface area contributed by atoms with Gasteiger partial charge in [0.15, 0.2) is 0 Å². The number of H-pyrrole nitrogens is 2. The summed E-state index contributed by atoms with van der Waals surface area (Å²) in [5, 5.41) is 1.19. The van der Waals surface area contributed by atoms with E-state index in [0.29, 0.717) is 0 Å². The zero-order chi connectivity index (χ0) is 11.9. The molecule has 4 aromatic rings. The van der Waals surface area contributed by atoms with E-state index in [-0.39, 0.29) is 24.0 Å². The molecule has 4 heteroatoms. The highest BCUT2D eigenvalue weighted by Crippen LogP contribution is 2.27. The first kappa shape index (κ1) is 12.2. The van der Waals surface area contributed by atoms with E-state index in [4.69, 9.17) is 0 Å². The second-order valence-corrected chi connectivity index (χ2v) is 4.35. The molecule has 4 rings (SSSR count). The number of nitrogens with one attached hydrogen (secondary N) is 2. The quantitative estimate of drug-likeness (QED) is 0.487. The Morgan fingerprint density at radius 2 is 1.58 bits per heavy atom. The minimum Gasteiger partial charge on any atom is -0.360 e. The van der Waals surface area contributed by atoms with Crippen LogP contribution >= 0.6 is 24.0 Å². The molecule has 2 aromatic heterocycles. The van der Waals surface area contributed by atoms with Crippen molar-refractivity contribution >= 4 is 45.9 Å². The highest BCUT2D eigenvalue weighted by Gasteiger charge is 2.09. The van der Waals surface area contributed by atoms with Crippen LogP contribution in [0.25, 0.3) is 33.3 Å². The fourth-order valence-electron chi connectivity index (χ4n) is 2.35. The summed E-state index contributed by atoms with van der Waals surface area (Å²) in [5.41, 5.74) is 4.31. The number of fused-ring (bicyclic) bond motifs is 2. The molecular formula is C15H12IN3. The Hall–Kier alpha value is -1.82. The Kier molecular flexibility index (Phi) is 3.02. The number of hydrogen-bond donors (Lipinski definition) is 2. The Morgan fingerprint density at radius 1 is 0.842 bits per heavy atom. The fraction of sp³-hybridized carbons (Fsp3) is 0. The van der Waals surface area contributed by atoms with Gasteiger partial charge in [0.1, 0.15) is 5.82 Å². The Balaban J connectivity index is 0.00000110. The van der Waals surface area contributed by atoms with Crippen molar-refractivity contribution in [2.45, 2.75) is 0 Å². The highest BCUT2D eigenvalue weighted by atomic mass is 127. The molecule has 0 amide bonds. The standard InChI is InChI=1S/C15H11N3.HI/c1-2-6-12-10(5-1)11(9-16-12)15-17-13-7-3-4-8-14(13)18-15;/h1-9,16H,(H,17,18);1H. The molecule has 2 N–H and O–H groups in total. The van der Waals surface area contributed by atoms with Crippen molar-refractivity contribution in [1.29, 1.82) is 0 Å². The number of aromatic amines is 2. The van der Waals surface area contributed by atoms with Crippen molar-refractivity contribution in [2.75, 3.05) is 0 Å². The first-order chi connectivity index (χ1) is 8.92. The number of rotatable bonds is 1. The van der Waals surface area contributed by atoms with Gasteiger partial charge in [0.2, 0.25) is 0 Å². The van der Waals surface area contributed by atoms with Crippen LogP contribution in [0.15, 0.2) is 54.7 Å². The lowest BCUT2D eigenvalue weighted by atomic mass is 10.2. The van der Waals surface area contributed by atoms with Gasteiger partial charge < -0.3 is 9.97 Å². The van der Waals surface area contributed by atoms with Crippen LogP contribution in [-0.2, 0) is 0 Å². The van der Waals surface area contributed by atoms with Gasteiger partial charge in [-0.2, -0.15) is 0 Å². The Labute approximate surface area is 127 Å². The van der Waals surface area contributed by atoms with E-state index in [1.165, 1.54) is 5.39 Å². The van der Waals surface area contributed by atoms with E-state index in [9.17, 15) is 0 Å². The predicted octanol–water partition coefficient (Wildman–Crippen LogP) is 4.33. The lowest BCUT2D eigenvalue weighted by Crippen LogP contribution is -1.77. The summed E-state index contributed by atoms with van der Waals surface area (Å²) in [4.78, 5) is 11.3. The predicted molar refractivity (Wildman–Crippen MR) is 88.8 cm³/mol. The minimum absolute atomic E-state index is 0. The van der Waals surface area contributed by atoms with E-state index >= 15 is 0 Å². The van der Waals surface area contributed by atoms with Crippen molar-refractivity contribution in [1.82, 2.24) is 15.0 Å². The molecule has 0 saturated heterocycles. The van der Waals surface area contributed by atoms with Crippen molar-refractivity contribution < 1.29 is 0 Å². The van der Waals surface area contributed by atoms with Gasteiger partial charge in [-0.3, -0.25) is 0 Å². The third-order valence-electron chi connectivity index (χ3n) is 3.23. The third-order valence-corrected chi connectivity index (χ3v) is 3.23. The highest BCUT2D eigenvalue weighted by molar-refractivity contribution is 14.0. The van der Waals surface area contributed by atoms with Crippen LogP contribution in [-0.4, -0.2) is 15.0 Å². The monoisotopic (exact) mass is 361 g/mol. The van der Waals surface area contributed by atoms with Crippen LogP contribution in [0.2, 0.25) is 0 Å². The molecular weight excluding hydrogens is 349 g/mol. The van der Waals surface area contributed by atoms with Crippen molar-refractivity contribution in [3.8, 4) is 11.4 Å². The van der Waals surface area contributed by atoms with E-state index in [1.54, 1.807) is 0 Å². The van der Waals surface area contributed by atoms with Gasteiger partial charge in [0, 0.05) is 22.7 Å². The summed E-state index contributed by atoms with van der Waals surface area (Å²) in [5.74, 6) is 0.911. The van der Waals surface area contributed by atoms with Gasteiger partial charge in [-0.25, -0.2) is 4.98 Å². The molecule has 2 aromatic carbocycles. The molecule has 0 spiro atoms. The zero-order valence-corrected chi connectivity index (χ0v) is 12.4. The molecule has 0 aliphatic carbocycles. The molecule has 94 valence electrons. The molecule has 0 radical (unpaired) electrons. The van der Waals surface area contributed by atoms with E-state index < -0.39 is 0 Å². The molecule has 0 atom stereocenters. The maximum absolute atomic E-state index is 4.63. The number of imidazole rings is 1. The molecule has 0 bridgehead atoms. The first-order valence-corrected chi connectivity index (χ1v) is 5.93. The Bertz CT molecular complexity index is 811. The van der Waals surface area contributed by atoms with Crippen LogP contribution in [0.5, 0.6) is 0 Å². The molecule has 0 aliphatic heterocycles. The summed E-state index contributed by atoms with van der Waals surface area (Å²) in [6, 6.07) is 16.3. The number of benzene rings is 2. The maximum Gasteiger partial charge on any atom is 0.140 e. The first-order valence-electron chi connectivity index (χ1n) is 5.93. The summed E-state index contributed by atoms with van der Waals surface area (Å²) in [6.45, 7) is 0. The summed E-state index contributed by atoms with van der Waals surface area (Å²) >= 11 is 0. The van der Waals surface area contributed by atoms with Crippen molar-refractivity contribution in [3.63, 3.8) is 0 Å². The van der Waals surface area contributed by atoms with Gasteiger partial charge in [0.05, 0.1) is 11.0 Å². The van der Waals surface area contributed by atoms with Crippen LogP contribution in [0, 0.1) is 0 Å². The van der Waals surface area contributed by atoms with Gasteiger partial charge >= 0.3 is 0 Å². The lowest BCUT2D eigenvalue weighted by molar-refractivity contribution is 1.34. The number of hydrogen-bond acceptors (Lipinski definition) is 1. The fourth-order valence-corrected chi connectivity index (χ4v) is 2.35. The summed E-state index contributed by atoms with van der Waals surface area (Å²) in [6.07, 6.45) is 2.00. The van der Waals surface area contributed by atoms with Gasteiger partial charge in [0.25, 0.3) is 0 Å². The van der Waals surface area contributed by atoms with E-state index in [0.717, 1.165) is 27.9 Å². The molecule has 0 unspecified atom stereocenters. The molecule has 3 nitrogen and oxygen atoms in total. The number of halogens is 1. The number of aromatic nitrogens is 3. The van der Waals surface area contributed by atoms with Crippen LogP contribution in [0.4, 0.5) is 0 Å². The molecule has 0 aliphatic rings. The van der Waals surface area contributed by atoms with Crippen LogP contribution in [0.3, 0.4) is 0 Å². The largest absolute Gasteiger partial charge is 0.360 e. The average Bonchev–Trinajstić information content (AvgIpc) is 3.02. The SMILES string of the molecule is I.c1ccc2[nH]c(-c3c[nH]c4ccccc34)nc2c1. The minimum atomic E-state index is 0. The van der Waals surface area contributed by atoms with Crippen LogP contribution in [0.1, 0.15) is 0 Å². The summed E-state index contributed by atoms with van der Waals surface area (Å²) in [7, 11) is 0. The molecule has 0 fully saturated rings. The van der Waals surface area contributed by atoms with Gasteiger partial charge in [-0.1, -0.05) is 30.3 Å². The summed E-state index contributed by atoms with van der Waals surface area (Å²) < 4.78 is 0. The lowest BCUT2D eigenvalue weighted by Gasteiger charge is -1.93. The van der Waals surface area contributed by atoms with Crippen molar-refractivity contribution in [3.05, 3.63) is 54.7 Å². The Morgan fingerprint density at radius 3 is 2.42 bits per heavy atom. The van der Waals surface area contributed by atoms with Crippen LogP contribution < -0.4 is 0 Å². The smallest absolute Gasteiger partial charge is 0.140 e. The number of para-hydroxylation sites is 3. The topological polar surface area (TPSA) is 44.5 Å². The van der Waals surface area contributed by atoms with Crippen molar-refractivity contribution in [2.24, 2.45) is 0 Å². The molecule has 19 heavy (non-hydrogen) atoms. The van der Waals surface area contributed by atoms with E-state index in [1.807, 2.05) is 42.6 Å².